The van der Waals surface area contributed by atoms with Crippen LogP contribution in [0, 0.1) is 13.8 Å². The van der Waals surface area contributed by atoms with Crippen molar-refractivity contribution in [2.24, 2.45) is 5.73 Å². The standard InChI is InChI=1S/C13H16N2S/c1-8-5-4-6-11(9(8)2)13-15-7-12(16-13)10(3)14/h4-7,10H,14H2,1-3H3. The molecule has 0 spiro atoms. The molecule has 0 bridgehead atoms. The number of hydrogen-bond donors (Lipinski definition) is 1. The molecule has 0 fully saturated rings. The number of hydrogen-bond acceptors (Lipinski definition) is 3. The molecular formula is C13H16N2S. The number of rotatable bonds is 2. The molecule has 0 amide bonds. The molecular weight excluding hydrogens is 216 g/mol. The average Bonchev–Trinajstić information content (AvgIpc) is 2.71. The van der Waals surface area contributed by atoms with E-state index in [0.29, 0.717) is 0 Å². The Morgan fingerprint density at radius 1 is 1.31 bits per heavy atom. The van der Waals surface area contributed by atoms with Gasteiger partial charge >= 0.3 is 0 Å². The molecule has 2 rings (SSSR count). The minimum absolute atomic E-state index is 0.0661. The topological polar surface area (TPSA) is 38.9 Å². The molecule has 0 saturated carbocycles. The van der Waals surface area contributed by atoms with Gasteiger partial charge in [0.1, 0.15) is 5.01 Å². The lowest BCUT2D eigenvalue weighted by atomic mass is 10.0. The molecule has 0 saturated heterocycles. The fraction of sp³-hybridized carbons (Fsp3) is 0.308. The van der Waals surface area contributed by atoms with Crippen molar-refractivity contribution in [3.63, 3.8) is 0 Å². The summed E-state index contributed by atoms with van der Waals surface area (Å²) in [6.45, 7) is 6.25. The largest absolute Gasteiger partial charge is 0.323 e. The van der Waals surface area contributed by atoms with Gasteiger partial charge in [-0.1, -0.05) is 18.2 Å². The molecule has 2 N–H and O–H groups in total. The van der Waals surface area contributed by atoms with Crippen LogP contribution in [0.4, 0.5) is 0 Å². The zero-order valence-corrected chi connectivity index (χ0v) is 10.6. The van der Waals surface area contributed by atoms with Gasteiger partial charge in [-0.05, 0) is 31.9 Å². The molecule has 1 unspecified atom stereocenters. The fourth-order valence-electron chi connectivity index (χ4n) is 1.60. The van der Waals surface area contributed by atoms with Crippen LogP contribution in [-0.4, -0.2) is 4.98 Å². The Labute approximate surface area is 100 Å². The van der Waals surface area contributed by atoms with Crippen LogP contribution >= 0.6 is 11.3 Å². The van der Waals surface area contributed by atoms with Crippen molar-refractivity contribution in [2.75, 3.05) is 0 Å². The van der Waals surface area contributed by atoms with Crippen molar-refractivity contribution in [3.05, 3.63) is 40.4 Å². The van der Waals surface area contributed by atoms with Crippen LogP contribution in [0.5, 0.6) is 0 Å². The third-order valence-electron chi connectivity index (χ3n) is 2.81. The highest BCUT2D eigenvalue weighted by molar-refractivity contribution is 7.15. The summed E-state index contributed by atoms with van der Waals surface area (Å²) in [7, 11) is 0. The van der Waals surface area contributed by atoms with E-state index in [-0.39, 0.29) is 6.04 Å². The van der Waals surface area contributed by atoms with Crippen LogP contribution < -0.4 is 5.73 Å². The van der Waals surface area contributed by atoms with Gasteiger partial charge in [-0.2, -0.15) is 0 Å². The van der Waals surface area contributed by atoms with Gasteiger partial charge < -0.3 is 5.73 Å². The van der Waals surface area contributed by atoms with E-state index in [2.05, 4.69) is 37.0 Å². The normalized spacial score (nSPS) is 12.8. The van der Waals surface area contributed by atoms with E-state index in [1.54, 1.807) is 11.3 Å². The minimum atomic E-state index is 0.0661. The summed E-state index contributed by atoms with van der Waals surface area (Å²) in [5.74, 6) is 0. The molecule has 2 nitrogen and oxygen atoms in total. The van der Waals surface area contributed by atoms with E-state index in [4.69, 9.17) is 5.73 Å². The quantitative estimate of drug-likeness (QED) is 0.861. The van der Waals surface area contributed by atoms with Crippen LogP contribution in [0.15, 0.2) is 24.4 Å². The highest BCUT2D eigenvalue weighted by Gasteiger charge is 2.10. The Morgan fingerprint density at radius 3 is 2.69 bits per heavy atom. The molecule has 1 aromatic heterocycles. The van der Waals surface area contributed by atoms with Crippen molar-refractivity contribution in [1.29, 1.82) is 0 Å². The Hall–Kier alpha value is -1.19. The number of nitrogens with two attached hydrogens (primary N) is 1. The SMILES string of the molecule is Cc1cccc(-c2ncc(C(C)N)s2)c1C. The lowest BCUT2D eigenvalue weighted by Gasteiger charge is -2.05. The first kappa shape index (κ1) is 11.3. The molecule has 2 aromatic rings. The summed E-state index contributed by atoms with van der Waals surface area (Å²) in [5.41, 5.74) is 9.66. The third kappa shape index (κ3) is 2.01. The Balaban J connectivity index is 2.47. The van der Waals surface area contributed by atoms with Crippen LogP contribution in [0.25, 0.3) is 10.6 Å². The molecule has 1 aromatic carbocycles. The second kappa shape index (κ2) is 4.36. The van der Waals surface area contributed by atoms with E-state index >= 15 is 0 Å². The van der Waals surface area contributed by atoms with E-state index in [9.17, 15) is 0 Å². The van der Waals surface area contributed by atoms with Gasteiger partial charge in [0.05, 0.1) is 0 Å². The summed E-state index contributed by atoms with van der Waals surface area (Å²) in [4.78, 5) is 5.58. The van der Waals surface area contributed by atoms with Gasteiger partial charge in [-0.3, -0.25) is 0 Å². The summed E-state index contributed by atoms with van der Waals surface area (Å²) in [6, 6.07) is 6.38. The van der Waals surface area contributed by atoms with Gasteiger partial charge in [-0.15, -0.1) is 11.3 Å². The third-order valence-corrected chi connectivity index (χ3v) is 4.04. The van der Waals surface area contributed by atoms with E-state index < -0.39 is 0 Å². The predicted molar refractivity (Wildman–Crippen MR) is 69.6 cm³/mol. The molecule has 0 aliphatic carbocycles. The van der Waals surface area contributed by atoms with Crippen molar-refractivity contribution in [2.45, 2.75) is 26.8 Å². The Bertz CT molecular complexity index is 500. The zero-order valence-electron chi connectivity index (χ0n) is 9.82. The maximum Gasteiger partial charge on any atom is 0.123 e. The fourth-order valence-corrected chi connectivity index (χ4v) is 2.56. The zero-order chi connectivity index (χ0) is 11.7. The van der Waals surface area contributed by atoms with Gasteiger partial charge in [-0.25, -0.2) is 4.98 Å². The second-order valence-corrected chi connectivity index (χ2v) is 5.17. The summed E-state index contributed by atoms with van der Waals surface area (Å²) >= 11 is 1.68. The maximum atomic E-state index is 5.84. The lowest BCUT2D eigenvalue weighted by Crippen LogP contribution is -2.01. The van der Waals surface area contributed by atoms with Crippen molar-refractivity contribution in [1.82, 2.24) is 4.98 Å². The first-order valence-corrected chi connectivity index (χ1v) is 6.19. The Morgan fingerprint density at radius 2 is 2.06 bits per heavy atom. The molecule has 1 heterocycles. The summed E-state index contributed by atoms with van der Waals surface area (Å²) in [6.07, 6.45) is 1.88. The lowest BCUT2D eigenvalue weighted by molar-refractivity contribution is 0.835. The molecule has 0 aliphatic rings. The van der Waals surface area contributed by atoms with E-state index in [0.717, 1.165) is 9.88 Å². The monoisotopic (exact) mass is 232 g/mol. The first-order valence-electron chi connectivity index (χ1n) is 5.37. The molecule has 0 aliphatic heterocycles. The predicted octanol–water partition coefficient (Wildman–Crippen LogP) is 3.45. The summed E-state index contributed by atoms with van der Waals surface area (Å²) < 4.78 is 0. The van der Waals surface area contributed by atoms with Crippen LogP contribution in [0.3, 0.4) is 0 Å². The van der Waals surface area contributed by atoms with E-state index in [1.165, 1.54) is 16.7 Å². The van der Waals surface area contributed by atoms with Gasteiger partial charge in [0, 0.05) is 22.7 Å². The number of benzene rings is 1. The first-order chi connectivity index (χ1) is 7.59. The molecule has 1 atom stereocenters. The number of aryl methyl sites for hydroxylation is 1. The number of thiazole rings is 1. The average molecular weight is 232 g/mol. The highest BCUT2D eigenvalue weighted by atomic mass is 32.1. The minimum Gasteiger partial charge on any atom is -0.323 e. The van der Waals surface area contributed by atoms with Gasteiger partial charge in [0.15, 0.2) is 0 Å². The van der Waals surface area contributed by atoms with Gasteiger partial charge in [0.2, 0.25) is 0 Å². The molecule has 0 radical (unpaired) electrons. The van der Waals surface area contributed by atoms with Crippen molar-refractivity contribution >= 4 is 11.3 Å². The smallest absolute Gasteiger partial charge is 0.123 e. The maximum absolute atomic E-state index is 5.84. The Kier molecular flexibility index (Phi) is 3.08. The summed E-state index contributed by atoms with van der Waals surface area (Å²) in [5, 5.41) is 1.06. The highest BCUT2D eigenvalue weighted by Crippen LogP contribution is 2.30. The molecule has 84 valence electrons. The van der Waals surface area contributed by atoms with Crippen LogP contribution in [-0.2, 0) is 0 Å². The van der Waals surface area contributed by atoms with E-state index in [1.807, 2.05) is 13.1 Å². The van der Waals surface area contributed by atoms with Crippen molar-refractivity contribution in [3.8, 4) is 10.6 Å². The van der Waals surface area contributed by atoms with Crippen molar-refractivity contribution < 1.29 is 0 Å². The number of nitrogens with zero attached hydrogens (tertiary/aromatic N) is 1. The molecule has 3 heteroatoms. The molecule has 16 heavy (non-hydrogen) atoms. The van der Waals surface area contributed by atoms with Crippen LogP contribution in [0.2, 0.25) is 0 Å². The van der Waals surface area contributed by atoms with Gasteiger partial charge in [0.25, 0.3) is 0 Å². The number of aromatic nitrogens is 1. The van der Waals surface area contributed by atoms with Crippen LogP contribution in [0.1, 0.15) is 29.0 Å². The second-order valence-electron chi connectivity index (χ2n) is 4.10.